The second-order valence-corrected chi connectivity index (χ2v) is 5.63. The van der Waals surface area contributed by atoms with Crippen LogP contribution in [0.1, 0.15) is 44.4 Å². The van der Waals surface area contributed by atoms with Gasteiger partial charge in [-0.2, -0.15) is 0 Å². The van der Waals surface area contributed by atoms with E-state index in [-0.39, 0.29) is 0 Å². The Labute approximate surface area is 114 Å². The lowest BCUT2D eigenvalue weighted by Crippen LogP contribution is -2.32. The van der Waals surface area contributed by atoms with Crippen LogP contribution in [0.25, 0.3) is 0 Å². The van der Waals surface area contributed by atoms with Gasteiger partial charge in [-0.1, -0.05) is 19.1 Å². The highest BCUT2D eigenvalue weighted by atomic mass is 16.6. The van der Waals surface area contributed by atoms with Gasteiger partial charge in [0.15, 0.2) is 0 Å². The average Bonchev–Trinajstić information content (AvgIpc) is 2.28. The van der Waals surface area contributed by atoms with E-state index in [1.807, 2.05) is 46.8 Å². The number of benzene rings is 1. The minimum absolute atomic E-state index is 0.337. The number of hydrogen-bond donors (Lipinski definition) is 2. The minimum atomic E-state index is -0.496. The van der Waals surface area contributed by atoms with Crippen LogP contribution in [0.3, 0.4) is 0 Å². The number of phenols is 1. The van der Waals surface area contributed by atoms with Gasteiger partial charge in [-0.05, 0) is 50.8 Å². The minimum Gasteiger partial charge on any atom is -0.507 e. The van der Waals surface area contributed by atoms with Crippen molar-refractivity contribution in [3.63, 3.8) is 0 Å². The predicted molar refractivity (Wildman–Crippen MR) is 75.3 cm³/mol. The lowest BCUT2D eigenvalue weighted by atomic mass is 10.0. The Balaban J connectivity index is 2.68. The highest BCUT2D eigenvalue weighted by Gasteiger charge is 2.16. The summed E-state index contributed by atoms with van der Waals surface area (Å²) >= 11 is 0. The number of alkyl carbamates (subject to hydrolysis) is 1. The first-order chi connectivity index (χ1) is 8.73. The molecule has 0 atom stereocenters. The molecule has 1 rings (SSSR count). The molecule has 0 fully saturated rings. The number of carbonyl (C=O) groups is 1. The van der Waals surface area contributed by atoms with E-state index >= 15 is 0 Å². The zero-order chi connectivity index (χ0) is 14.6. The van der Waals surface area contributed by atoms with Crippen molar-refractivity contribution in [2.45, 2.75) is 53.2 Å². The smallest absolute Gasteiger partial charge is 0.407 e. The Kier molecular flexibility index (Phi) is 4.81. The van der Waals surface area contributed by atoms with Crippen LogP contribution in [0.5, 0.6) is 5.75 Å². The largest absolute Gasteiger partial charge is 0.507 e. The summed E-state index contributed by atoms with van der Waals surface area (Å²) in [5.74, 6) is 0.337. The molecule has 0 saturated carbocycles. The number of aryl methyl sites for hydroxylation is 2. The molecule has 0 aliphatic rings. The maximum absolute atomic E-state index is 11.6. The fourth-order valence-corrected chi connectivity index (χ4v) is 1.79. The van der Waals surface area contributed by atoms with Crippen LogP contribution in [0.15, 0.2) is 12.1 Å². The van der Waals surface area contributed by atoms with E-state index in [0.29, 0.717) is 12.3 Å². The second-order valence-electron chi connectivity index (χ2n) is 5.63. The normalized spacial score (nSPS) is 11.2. The van der Waals surface area contributed by atoms with E-state index in [1.54, 1.807) is 0 Å². The van der Waals surface area contributed by atoms with E-state index in [0.717, 1.165) is 23.1 Å². The average molecular weight is 265 g/mol. The van der Waals surface area contributed by atoms with Gasteiger partial charge in [0.05, 0.1) is 0 Å². The summed E-state index contributed by atoms with van der Waals surface area (Å²) < 4.78 is 5.17. The van der Waals surface area contributed by atoms with E-state index < -0.39 is 11.7 Å². The van der Waals surface area contributed by atoms with E-state index in [2.05, 4.69) is 5.32 Å². The summed E-state index contributed by atoms with van der Waals surface area (Å²) in [6.07, 6.45) is 0.323. The molecule has 0 bridgehead atoms. The number of aromatic hydroxyl groups is 1. The van der Waals surface area contributed by atoms with Crippen LogP contribution >= 0.6 is 0 Å². The molecule has 106 valence electrons. The molecular formula is C15H23NO3. The summed E-state index contributed by atoms with van der Waals surface area (Å²) in [7, 11) is 0. The number of phenolic OH excluding ortho intramolecular Hbond substituents is 1. The first-order valence-corrected chi connectivity index (χ1v) is 6.51. The summed E-state index contributed by atoms with van der Waals surface area (Å²) in [5.41, 5.74) is 2.17. The third-order valence-electron chi connectivity index (χ3n) is 2.66. The first-order valence-electron chi connectivity index (χ1n) is 6.51. The molecule has 0 aliphatic heterocycles. The van der Waals surface area contributed by atoms with E-state index in [4.69, 9.17) is 4.74 Å². The van der Waals surface area contributed by atoms with E-state index in [9.17, 15) is 9.90 Å². The van der Waals surface area contributed by atoms with E-state index in [1.165, 1.54) is 0 Å². The lowest BCUT2D eigenvalue weighted by Gasteiger charge is -2.20. The Bertz CT molecular complexity index is 461. The zero-order valence-corrected chi connectivity index (χ0v) is 12.3. The number of carbonyl (C=O) groups excluding carboxylic acids is 1. The van der Waals surface area contributed by atoms with Crippen molar-refractivity contribution < 1.29 is 14.6 Å². The molecule has 4 nitrogen and oxygen atoms in total. The quantitative estimate of drug-likeness (QED) is 0.881. The predicted octanol–water partition coefficient (Wildman–Crippen LogP) is 3.29. The lowest BCUT2D eigenvalue weighted by molar-refractivity contribution is 0.0523. The van der Waals surface area contributed by atoms with Crippen molar-refractivity contribution in [1.29, 1.82) is 0 Å². The molecule has 0 heterocycles. The van der Waals surface area contributed by atoms with Crippen LogP contribution in [-0.4, -0.2) is 16.8 Å². The summed E-state index contributed by atoms with van der Waals surface area (Å²) in [6, 6.07) is 3.77. The number of nitrogens with one attached hydrogen (secondary N) is 1. The Hall–Kier alpha value is -1.71. The van der Waals surface area contributed by atoms with Crippen LogP contribution in [0.4, 0.5) is 4.79 Å². The molecule has 0 saturated heterocycles. The molecule has 0 radical (unpaired) electrons. The van der Waals surface area contributed by atoms with Crippen LogP contribution in [0.2, 0.25) is 0 Å². The topological polar surface area (TPSA) is 58.6 Å². The molecule has 19 heavy (non-hydrogen) atoms. The first kappa shape index (κ1) is 15.3. The standard InChI is InChI=1S/C15H23NO3/c1-6-12-8-11(7-10(2)13(12)17)9-16-14(18)19-15(3,4)5/h7-8,17H,6,9H2,1-5H3,(H,16,18). The van der Waals surface area contributed by atoms with Gasteiger partial charge in [0.2, 0.25) is 0 Å². The molecule has 0 aromatic heterocycles. The third-order valence-corrected chi connectivity index (χ3v) is 2.66. The number of hydrogen-bond acceptors (Lipinski definition) is 3. The van der Waals surface area contributed by atoms with Crippen molar-refractivity contribution in [1.82, 2.24) is 5.32 Å². The highest BCUT2D eigenvalue weighted by Crippen LogP contribution is 2.24. The Morgan fingerprint density at radius 3 is 2.53 bits per heavy atom. The molecular weight excluding hydrogens is 242 g/mol. The summed E-state index contributed by atoms with van der Waals surface area (Å²) in [4.78, 5) is 11.6. The zero-order valence-electron chi connectivity index (χ0n) is 12.3. The third kappa shape index (κ3) is 4.81. The van der Waals surface area contributed by atoms with Crippen LogP contribution in [-0.2, 0) is 17.7 Å². The summed E-state index contributed by atoms with van der Waals surface area (Å²) in [5, 5.41) is 12.6. The fraction of sp³-hybridized carbons (Fsp3) is 0.533. The molecule has 1 amide bonds. The maximum Gasteiger partial charge on any atom is 0.407 e. The van der Waals surface area contributed by atoms with Crippen molar-refractivity contribution in [2.75, 3.05) is 0 Å². The van der Waals surface area contributed by atoms with Gasteiger partial charge < -0.3 is 15.2 Å². The molecule has 0 aliphatic carbocycles. The number of rotatable bonds is 3. The SMILES string of the molecule is CCc1cc(CNC(=O)OC(C)(C)C)cc(C)c1O. The van der Waals surface area contributed by atoms with Crippen LogP contribution < -0.4 is 5.32 Å². The Morgan fingerprint density at radius 2 is 2.00 bits per heavy atom. The fourth-order valence-electron chi connectivity index (χ4n) is 1.79. The highest BCUT2D eigenvalue weighted by molar-refractivity contribution is 5.67. The van der Waals surface area contributed by atoms with Gasteiger partial charge in [0.1, 0.15) is 11.4 Å². The molecule has 0 spiro atoms. The van der Waals surface area contributed by atoms with Crippen molar-refractivity contribution >= 4 is 6.09 Å². The van der Waals surface area contributed by atoms with Gasteiger partial charge in [0.25, 0.3) is 0 Å². The van der Waals surface area contributed by atoms with Gasteiger partial charge in [0, 0.05) is 6.54 Å². The van der Waals surface area contributed by atoms with Crippen molar-refractivity contribution in [3.05, 3.63) is 28.8 Å². The van der Waals surface area contributed by atoms with Gasteiger partial charge in [-0.3, -0.25) is 0 Å². The van der Waals surface area contributed by atoms with Crippen LogP contribution in [0, 0.1) is 6.92 Å². The molecule has 0 unspecified atom stereocenters. The van der Waals surface area contributed by atoms with Gasteiger partial charge in [-0.15, -0.1) is 0 Å². The molecule has 2 N–H and O–H groups in total. The number of ether oxygens (including phenoxy) is 1. The Morgan fingerprint density at radius 1 is 1.37 bits per heavy atom. The maximum atomic E-state index is 11.6. The van der Waals surface area contributed by atoms with Crippen molar-refractivity contribution in [2.24, 2.45) is 0 Å². The molecule has 4 heteroatoms. The summed E-state index contributed by atoms with van der Waals surface area (Å²) in [6.45, 7) is 9.71. The van der Waals surface area contributed by atoms with Gasteiger partial charge >= 0.3 is 6.09 Å². The molecule has 1 aromatic rings. The monoisotopic (exact) mass is 265 g/mol. The molecule has 1 aromatic carbocycles. The number of amides is 1. The van der Waals surface area contributed by atoms with Gasteiger partial charge in [-0.25, -0.2) is 4.79 Å². The second kappa shape index (κ2) is 5.95. The van der Waals surface area contributed by atoms with Crippen molar-refractivity contribution in [3.8, 4) is 5.75 Å².